The first-order valence-electron chi connectivity index (χ1n) is 3.69. The lowest BCUT2D eigenvalue weighted by Crippen LogP contribution is -1.86. The van der Waals surface area contributed by atoms with Crippen LogP contribution in [0.1, 0.15) is 12.8 Å². The maximum Gasteiger partial charge on any atom is 0.0465 e. The summed E-state index contributed by atoms with van der Waals surface area (Å²) in [7, 11) is 0. The summed E-state index contributed by atoms with van der Waals surface area (Å²) in [6, 6.07) is 0. The van der Waals surface area contributed by atoms with Gasteiger partial charge in [-0.2, -0.15) is 0 Å². The number of hydrogen-bond donors (Lipinski definition) is 1. The molecule has 9 heavy (non-hydrogen) atoms. The predicted molar refractivity (Wildman–Crippen MR) is 35.9 cm³/mol. The van der Waals surface area contributed by atoms with Gasteiger partial charge in [0.1, 0.15) is 0 Å². The van der Waals surface area contributed by atoms with Gasteiger partial charge in [-0.15, -0.1) is 0 Å². The fourth-order valence-corrected chi connectivity index (χ4v) is 2.00. The lowest BCUT2D eigenvalue weighted by molar-refractivity contribution is 0.264. The quantitative estimate of drug-likeness (QED) is 0.520. The van der Waals surface area contributed by atoms with Crippen molar-refractivity contribution in [2.24, 2.45) is 17.8 Å². The number of rotatable bonds is 1. The minimum atomic E-state index is 0.414. The van der Waals surface area contributed by atoms with E-state index >= 15 is 0 Å². The molecule has 1 heteroatoms. The highest BCUT2D eigenvalue weighted by molar-refractivity contribution is 5.08. The molecule has 0 aromatic carbocycles. The van der Waals surface area contributed by atoms with E-state index in [0.29, 0.717) is 12.5 Å². The molecule has 2 atom stereocenters. The molecule has 0 amide bonds. The molecule has 0 aromatic heterocycles. The average Bonchev–Trinajstić information content (AvgIpc) is 2.60. The van der Waals surface area contributed by atoms with E-state index in [4.69, 9.17) is 5.11 Å². The van der Waals surface area contributed by atoms with E-state index in [2.05, 4.69) is 12.2 Å². The van der Waals surface area contributed by atoms with Crippen LogP contribution < -0.4 is 0 Å². The highest BCUT2D eigenvalue weighted by atomic mass is 16.3. The minimum Gasteiger partial charge on any atom is -0.396 e. The fourth-order valence-electron chi connectivity index (χ4n) is 2.00. The SMILES string of the molecule is OCC1[C@@H]2CC=CC[C@@H]12. The van der Waals surface area contributed by atoms with Crippen LogP contribution in [0, 0.1) is 17.8 Å². The Morgan fingerprint density at radius 2 is 1.78 bits per heavy atom. The van der Waals surface area contributed by atoms with Crippen molar-refractivity contribution in [2.45, 2.75) is 12.8 Å². The summed E-state index contributed by atoms with van der Waals surface area (Å²) in [5.74, 6) is 2.35. The Hall–Kier alpha value is -0.300. The van der Waals surface area contributed by atoms with Crippen LogP contribution in [0.5, 0.6) is 0 Å². The standard InChI is InChI=1S/C8H12O/c9-5-8-6-3-1-2-4-7(6)8/h1-2,6-9H,3-5H2/t6-,7-/m1/s1. The third-order valence-electron chi connectivity index (χ3n) is 2.70. The zero-order valence-corrected chi connectivity index (χ0v) is 5.46. The van der Waals surface area contributed by atoms with Gasteiger partial charge in [0.05, 0.1) is 0 Å². The highest BCUT2D eigenvalue weighted by Crippen LogP contribution is 2.52. The van der Waals surface area contributed by atoms with Gasteiger partial charge in [-0.1, -0.05) is 12.2 Å². The zero-order valence-electron chi connectivity index (χ0n) is 5.46. The second-order valence-corrected chi connectivity index (χ2v) is 3.12. The number of aliphatic hydroxyl groups excluding tert-OH is 1. The Balaban J connectivity index is 1.98. The van der Waals surface area contributed by atoms with E-state index in [1.807, 2.05) is 0 Å². The van der Waals surface area contributed by atoms with E-state index in [0.717, 1.165) is 11.8 Å². The van der Waals surface area contributed by atoms with Crippen molar-refractivity contribution in [3.8, 4) is 0 Å². The molecule has 0 radical (unpaired) electrons. The van der Waals surface area contributed by atoms with E-state index < -0.39 is 0 Å². The van der Waals surface area contributed by atoms with Gasteiger partial charge < -0.3 is 5.11 Å². The predicted octanol–water partition coefficient (Wildman–Crippen LogP) is 1.19. The summed E-state index contributed by atoms with van der Waals surface area (Å²) >= 11 is 0. The first-order chi connectivity index (χ1) is 4.43. The molecule has 0 aromatic rings. The molecule has 0 saturated heterocycles. The van der Waals surface area contributed by atoms with Gasteiger partial charge in [-0.25, -0.2) is 0 Å². The van der Waals surface area contributed by atoms with Crippen molar-refractivity contribution in [3.63, 3.8) is 0 Å². The third kappa shape index (κ3) is 0.715. The van der Waals surface area contributed by atoms with Gasteiger partial charge in [-0.3, -0.25) is 0 Å². The summed E-state index contributed by atoms with van der Waals surface area (Å²) in [6.45, 7) is 0.414. The molecule has 0 unspecified atom stereocenters. The molecule has 1 nitrogen and oxygen atoms in total. The van der Waals surface area contributed by atoms with Gasteiger partial charge in [0.2, 0.25) is 0 Å². The molecule has 2 aliphatic rings. The van der Waals surface area contributed by atoms with Gasteiger partial charge in [0.25, 0.3) is 0 Å². The van der Waals surface area contributed by atoms with Crippen molar-refractivity contribution >= 4 is 0 Å². The van der Waals surface area contributed by atoms with Gasteiger partial charge in [-0.05, 0) is 30.6 Å². The molecule has 1 N–H and O–H groups in total. The molecule has 50 valence electrons. The van der Waals surface area contributed by atoms with Crippen LogP contribution in [-0.4, -0.2) is 11.7 Å². The molecule has 1 fully saturated rings. The van der Waals surface area contributed by atoms with Crippen LogP contribution in [0.15, 0.2) is 12.2 Å². The van der Waals surface area contributed by atoms with Crippen LogP contribution in [0.2, 0.25) is 0 Å². The van der Waals surface area contributed by atoms with Gasteiger partial charge in [0.15, 0.2) is 0 Å². The lowest BCUT2D eigenvalue weighted by atomic mass is 10.1. The summed E-state index contributed by atoms with van der Waals surface area (Å²) in [4.78, 5) is 0. The van der Waals surface area contributed by atoms with Crippen LogP contribution in [0.25, 0.3) is 0 Å². The summed E-state index contributed by atoms with van der Waals surface area (Å²) in [5.41, 5.74) is 0. The zero-order chi connectivity index (χ0) is 6.27. The minimum absolute atomic E-state index is 0.414. The number of allylic oxidation sites excluding steroid dienone is 2. The molecular weight excluding hydrogens is 112 g/mol. The average molecular weight is 124 g/mol. The maximum atomic E-state index is 8.81. The maximum absolute atomic E-state index is 8.81. The van der Waals surface area contributed by atoms with Gasteiger partial charge in [0, 0.05) is 6.61 Å². The highest BCUT2D eigenvalue weighted by Gasteiger charge is 2.48. The largest absolute Gasteiger partial charge is 0.396 e. The van der Waals surface area contributed by atoms with E-state index in [-0.39, 0.29) is 0 Å². The molecule has 0 aliphatic heterocycles. The molecule has 2 rings (SSSR count). The van der Waals surface area contributed by atoms with Crippen LogP contribution in [0.3, 0.4) is 0 Å². The Kier molecular flexibility index (Phi) is 1.12. The molecule has 1 saturated carbocycles. The topological polar surface area (TPSA) is 20.2 Å². The first kappa shape index (κ1) is 5.48. The molecular formula is C8H12O. The van der Waals surface area contributed by atoms with Crippen molar-refractivity contribution in [2.75, 3.05) is 6.61 Å². The van der Waals surface area contributed by atoms with Crippen molar-refractivity contribution < 1.29 is 5.11 Å². The van der Waals surface area contributed by atoms with E-state index in [9.17, 15) is 0 Å². The van der Waals surface area contributed by atoms with Crippen molar-refractivity contribution in [1.29, 1.82) is 0 Å². The summed E-state index contributed by atoms with van der Waals surface area (Å²) in [5, 5.41) is 8.81. The Morgan fingerprint density at radius 3 is 2.22 bits per heavy atom. The van der Waals surface area contributed by atoms with E-state index in [1.54, 1.807) is 0 Å². The Bertz CT molecular complexity index is 126. The number of fused-ring (bicyclic) bond motifs is 1. The first-order valence-corrected chi connectivity index (χ1v) is 3.69. The molecule has 0 heterocycles. The molecule has 0 bridgehead atoms. The normalized spacial score (nSPS) is 46.6. The van der Waals surface area contributed by atoms with E-state index in [1.165, 1.54) is 12.8 Å². The van der Waals surface area contributed by atoms with Gasteiger partial charge >= 0.3 is 0 Å². The van der Waals surface area contributed by atoms with Crippen LogP contribution >= 0.6 is 0 Å². The second kappa shape index (κ2) is 1.84. The number of hydrogen-bond acceptors (Lipinski definition) is 1. The monoisotopic (exact) mass is 124 g/mol. The Labute approximate surface area is 55.4 Å². The summed E-state index contributed by atoms with van der Waals surface area (Å²) < 4.78 is 0. The molecule has 2 aliphatic carbocycles. The smallest absolute Gasteiger partial charge is 0.0465 e. The molecule has 0 spiro atoms. The van der Waals surface area contributed by atoms with Crippen molar-refractivity contribution in [3.05, 3.63) is 12.2 Å². The van der Waals surface area contributed by atoms with Crippen molar-refractivity contribution in [1.82, 2.24) is 0 Å². The third-order valence-corrected chi connectivity index (χ3v) is 2.70. The lowest BCUT2D eigenvalue weighted by Gasteiger charge is -1.96. The van der Waals surface area contributed by atoms with Crippen LogP contribution in [0.4, 0.5) is 0 Å². The second-order valence-electron chi connectivity index (χ2n) is 3.12. The fraction of sp³-hybridized carbons (Fsp3) is 0.750. The Morgan fingerprint density at radius 1 is 1.22 bits per heavy atom. The number of aliphatic hydroxyl groups is 1. The summed E-state index contributed by atoms with van der Waals surface area (Å²) in [6.07, 6.45) is 6.93. The van der Waals surface area contributed by atoms with Crippen LogP contribution in [-0.2, 0) is 0 Å².